The van der Waals surface area contributed by atoms with Crippen LogP contribution in [0.25, 0.3) is 0 Å². The maximum atomic E-state index is 11.6. The number of aliphatic carboxylic acids is 1. The van der Waals surface area contributed by atoms with Gasteiger partial charge in [0, 0.05) is 6.42 Å². The van der Waals surface area contributed by atoms with E-state index >= 15 is 0 Å². The van der Waals surface area contributed by atoms with Gasteiger partial charge in [0.05, 0.1) is 0 Å². The maximum Gasteiger partial charge on any atom is 0.329 e. The Kier molecular flexibility index (Phi) is 2.50. The van der Waals surface area contributed by atoms with Crippen LogP contribution >= 0.6 is 0 Å². The van der Waals surface area contributed by atoms with Crippen molar-refractivity contribution in [3.05, 3.63) is 12.2 Å². The third kappa shape index (κ3) is 2.19. The molecule has 1 fully saturated rings. The van der Waals surface area contributed by atoms with Crippen LogP contribution in [0.3, 0.4) is 0 Å². The molecule has 0 heterocycles. The third-order valence-corrected chi connectivity index (χ3v) is 3.10. The number of amides is 1. The highest BCUT2D eigenvalue weighted by Crippen LogP contribution is 2.35. The van der Waals surface area contributed by atoms with E-state index in [0.29, 0.717) is 25.2 Å². The molecule has 2 rings (SSSR count). The second kappa shape index (κ2) is 3.68. The van der Waals surface area contributed by atoms with Gasteiger partial charge in [0.25, 0.3) is 0 Å². The molecule has 1 saturated carbocycles. The summed E-state index contributed by atoms with van der Waals surface area (Å²) in [6.45, 7) is 0. The van der Waals surface area contributed by atoms with E-state index in [-0.39, 0.29) is 5.91 Å². The van der Waals surface area contributed by atoms with Crippen LogP contribution in [0.4, 0.5) is 0 Å². The van der Waals surface area contributed by atoms with Gasteiger partial charge in [0.2, 0.25) is 5.91 Å². The Morgan fingerprint density at radius 3 is 2.67 bits per heavy atom. The van der Waals surface area contributed by atoms with Crippen LogP contribution in [0.15, 0.2) is 12.2 Å². The molecule has 4 nitrogen and oxygen atoms in total. The summed E-state index contributed by atoms with van der Waals surface area (Å²) in [4.78, 5) is 22.4. The van der Waals surface area contributed by atoms with Gasteiger partial charge >= 0.3 is 5.97 Å². The molecule has 0 aromatic carbocycles. The van der Waals surface area contributed by atoms with Crippen molar-refractivity contribution < 1.29 is 14.7 Å². The predicted molar refractivity (Wildman–Crippen MR) is 54.2 cm³/mol. The van der Waals surface area contributed by atoms with Crippen LogP contribution in [0.1, 0.15) is 32.1 Å². The highest BCUT2D eigenvalue weighted by molar-refractivity contribution is 5.89. The number of carboxylic acid groups (broad SMARTS) is 1. The number of hydrogen-bond donors (Lipinski definition) is 2. The van der Waals surface area contributed by atoms with Gasteiger partial charge in [-0.2, -0.15) is 0 Å². The van der Waals surface area contributed by atoms with Crippen molar-refractivity contribution >= 4 is 11.9 Å². The molecule has 0 aromatic heterocycles. The molecule has 1 amide bonds. The Labute approximate surface area is 88.4 Å². The number of rotatable bonds is 4. The highest BCUT2D eigenvalue weighted by atomic mass is 16.4. The van der Waals surface area contributed by atoms with E-state index in [1.165, 1.54) is 0 Å². The first-order valence-corrected chi connectivity index (χ1v) is 5.33. The second-order valence-corrected chi connectivity index (χ2v) is 4.41. The topological polar surface area (TPSA) is 66.4 Å². The monoisotopic (exact) mass is 209 g/mol. The summed E-state index contributed by atoms with van der Waals surface area (Å²) in [5, 5.41) is 11.5. The Morgan fingerprint density at radius 2 is 2.20 bits per heavy atom. The minimum atomic E-state index is -0.931. The summed E-state index contributed by atoms with van der Waals surface area (Å²) in [5.74, 6) is -0.737. The van der Waals surface area contributed by atoms with E-state index in [1.54, 1.807) is 0 Å². The number of carbonyl (C=O) groups is 2. The van der Waals surface area contributed by atoms with E-state index in [2.05, 4.69) is 11.4 Å². The van der Waals surface area contributed by atoms with Crippen LogP contribution in [-0.4, -0.2) is 22.5 Å². The molecule has 2 N–H and O–H groups in total. The average Bonchev–Trinajstić information content (AvgIpc) is 2.75. The molecular weight excluding hydrogens is 194 g/mol. The number of hydrogen-bond acceptors (Lipinski definition) is 2. The zero-order valence-corrected chi connectivity index (χ0v) is 8.53. The fourth-order valence-electron chi connectivity index (χ4n) is 1.94. The van der Waals surface area contributed by atoms with Gasteiger partial charge in [-0.05, 0) is 31.6 Å². The summed E-state index contributed by atoms with van der Waals surface area (Å²) >= 11 is 0. The van der Waals surface area contributed by atoms with Crippen LogP contribution in [0.2, 0.25) is 0 Å². The minimum absolute atomic E-state index is 0.133. The smallest absolute Gasteiger partial charge is 0.329 e. The summed E-state index contributed by atoms with van der Waals surface area (Å²) in [7, 11) is 0. The van der Waals surface area contributed by atoms with Gasteiger partial charge in [-0.3, -0.25) is 4.79 Å². The molecule has 15 heavy (non-hydrogen) atoms. The first-order chi connectivity index (χ1) is 7.12. The molecule has 2 aliphatic carbocycles. The summed E-state index contributed by atoms with van der Waals surface area (Å²) in [6.07, 6.45) is 7.70. The summed E-state index contributed by atoms with van der Waals surface area (Å²) < 4.78 is 0. The van der Waals surface area contributed by atoms with Crippen LogP contribution in [0, 0.1) is 5.92 Å². The first kappa shape index (κ1) is 10.2. The van der Waals surface area contributed by atoms with E-state index in [9.17, 15) is 9.59 Å². The number of nitrogens with one attached hydrogen (secondary N) is 1. The largest absolute Gasteiger partial charge is 0.480 e. The zero-order chi connectivity index (χ0) is 10.9. The predicted octanol–water partition coefficient (Wildman–Crippen LogP) is 1.08. The van der Waals surface area contributed by atoms with Gasteiger partial charge in [-0.1, -0.05) is 12.2 Å². The lowest BCUT2D eigenvalue weighted by Crippen LogP contribution is -2.43. The lowest BCUT2D eigenvalue weighted by atomic mass is 10.0. The SMILES string of the molecule is O=C(CC1C=CCC1)NC1(C(=O)O)CC1. The molecule has 2 aliphatic rings. The van der Waals surface area contributed by atoms with Crippen molar-refractivity contribution in [3.8, 4) is 0 Å². The zero-order valence-electron chi connectivity index (χ0n) is 8.53. The number of carboxylic acids is 1. The molecule has 0 spiro atoms. The molecule has 0 bridgehead atoms. The van der Waals surface area contributed by atoms with Crippen LogP contribution < -0.4 is 5.32 Å². The van der Waals surface area contributed by atoms with Crippen LogP contribution in [0.5, 0.6) is 0 Å². The molecule has 0 aromatic rings. The molecule has 0 radical (unpaired) electrons. The third-order valence-electron chi connectivity index (χ3n) is 3.10. The Balaban J connectivity index is 1.82. The molecule has 82 valence electrons. The second-order valence-electron chi connectivity index (χ2n) is 4.41. The minimum Gasteiger partial charge on any atom is -0.480 e. The van der Waals surface area contributed by atoms with E-state index in [4.69, 9.17) is 5.11 Å². The Bertz CT molecular complexity index is 318. The summed E-state index contributed by atoms with van der Waals surface area (Å²) in [5.41, 5.74) is -0.931. The van der Waals surface area contributed by atoms with E-state index in [1.807, 2.05) is 6.08 Å². The fraction of sp³-hybridized carbons (Fsp3) is 0.636. The van der Waals surface area contributed by atoms with E-state index < -0.39 is 11.5 Å². The fourth-order valence-corrected chi connectivity index (χ4v) is 1.94. The summed E-state index contributed by atoms with van der Waals surface area (Å²) in [6, 6.07) is 0. The normalized spacial score (nSPS) is 26.3. The molecular formula is C11H15NO3. The quantitative estimate of drug-likeness (QED) is 0.681. The lowest BCUT2D eigenvalue weighted by Gasteiger charge is -2.14. The van der Waals surface area contributed by atoms with Crippen molar-refractivity contribution in [1.29, 1.82) is 0 Å². The number of carbonyl (C=O) groups excluding carboxylic acids is 1. The molecule has 4 heteroatoms. The molecule has 0 aliphatic heterocycles. The lowest BCUT2D eigenvalue weighted by molar-refractivity contribution is -0.143. The molecule has 1 unspecified atom stereocenters. The Morgan fingerprint density at radius 1 is 1.47 bits per heavy atom. The highest BCUT2D eigenvalue weighted by Gasteiger charge is 2.51. The van der Waals surface area contributed by atoms with Gasteiger partial charge in [0.15, 0.2) is 0 Å². The number of allylic oxidation sites excluding steroid dienone is 2. The average molecular weight is 209 g/mol. The van der Waals surface area contributed by atoms with Gasteiger partial charge in [-0.15, -0.1) is 0 Å². The van der Waals surface area contributed by atoms with Crippen molar-refractivity contribution in [2.45, 2.75) is 37.6 Å². The maximum absolute atomic E-state index is 11.6. The van der Waals surface area contributed by atoms with Gasteiger partial charge in [-0.25, -0.2) is 4.79 Å². The molecule has 1 atom stereocenters. The van der Waals surface area contributed by atoms with Crippen LogP contribution in [-0.2, 0) is 9.59 Å². The van der Waals surface area contributed by atoms with Crippen molar-refractivity contribution in [3.63, 3.8) is 0 Å². The Hall–Kier alpha value is -1.32. The molecule has 0 saturated heterocycles. The van der Waals surface area contributed by atoms with Crippen molar-refractivity contribution in [2.75, 3.05) is 0 Å². The van der Waals surface area contributed by atoms with Crippen molar-refractivity contribution in [1.82, 2.24) is 5.32 Å². The standard InChI is InChI=1S/C11H15NO3/c13-9(7-8-3-1-2-4-8)12-11(5-6-11)10(14)15/h1,3,8H,2,4-7H2,(H,12,13)(H,14,15). The van der Waals surface area contributed by atoms with Gasteiger partial charge in [0.1, 0.15) is 5.54 Å². The first-order valence-electron chi connectivity index (χ1n) is 5.33. The van der Waals surface area contributed by atoms with E-state index in [0.717, 1.165) is 12.8 Å². The van der Waals surface area contributed by atoms with Gasteiger partial charge < -0.3 is 10.4 Å². The van der Waals surface area contributed by atoms with Crippen molar-refractivity contribution in [2.24, 2.45) is 5.92 Å².